The highest BCUT2D eigenvalue weighted by atomic mass is 16.6. The van der Waals surface area contributed by atoms with Gasteiger partial charge in [0.05, 0.1) is 9.85 Å². The Morgan fingerprint density at radius 3 is 2.50 bits per heavy atom. The third kappa shape index (κ3) is 3.12. The zero-order valence-corrected chi connectivity index (χ0v) is 10.8. The first-order chi connectivity index (χ1) is 10.4. The number of hydrogen-bond donors (Lipinski definition) is 2. The molecule has 2 aromatic rings. The van der Waals surface area contributed by atoms with Gasteiger partial charge in [0.25, 0.3) is 11.6 Å². The van der Waals surface area contributed by atoms with E-state index in [1.807, 2.05) is 0 Å². The van der Waals surface area contributed by atoms with Gasteiger partial charge in [0.15, 0.2) is 0 Å². The van der Waals surface area contributed by atoms with E-state index in [-0.39, 0.29) is 11.5 Å². The fraction of sp³-hybridized carbons (Fsp3) is 0. The molecule has 2 rings (SSSR count). The lowest BCUT2D eigenvalue weighted by Crippen LogP contribution is -2.14. The van der Waals surface area contributed by atoms with Gasteiger partial charge in [-0.2, -0.15) is 4.98 Å². The van der Waals surface area contributed by atoms with Crippen LogP contribution in [0.3, 0.4) is 0 Å². The van der Waals surface area contributed by atoms with Crippen LogP contribution in [0.4, 0.5) is 11.4 Å². The smallest absolute Gasteiger partial charge is 0.395 e. The molecule has 0 unspecified atom stereocenters. The largest absolute Gasteiger partial charge is 0.488 e. The first kappa shape index (κ1) is 14.8. The summed E-state index contributed by atoms with van der Waals surface area (Å²) in [4.78, 5) is 36.6. The maximum absolute atomic E-state index is 11.4. The van der Waals surface area contributed by atoms with E-state index in [4.69, 9.17) is 0 Å². The molecule has 0 amide bonds. The molecular formula is C12H8N4O6. The summed E-state index contributed by atoms with van der Waals surface area (Å²) in [5, 5.41) is 30.5. The third-order valence-electron chi connectivity index (χ3n) is 2.59. The zero-order chi connectivity index (χ0) is 16.3. The molecule has 0 fully saturated rings. The molecule has 10 heteroatoms. The van der Waals surface area contributed by atoms with Crippen molar-refractivity contribution in [3.63, 3.8) is 0 Å². The summed E-state index contributed by atoms with van der Waals surface area (Å²) < 4.78 is 0. The zero-order valence-electron chi connectivity index (χ0n) is 10.8. The highest BCUT2D eigenvalue weighted by Gasteiger charge is 2.21. The number of nitro groups is 2. The van der Waals surface area contributed by atoms with Crippen LogP contribution >= 0.6 is 0 Å². The molecule has 0 saturated heterocycles. The van der Waals surface area contributed by atoms with Crippen LogP contribution in [-0.4, -0.2) is 24.9 Å². The minimum atomic E-state index is -1.10. The van der Waals surface area contributed by atoms with E-state index >= 15 is 0 Å². The van der Waals surface area contributed by atoms with E-state index < -0.39 is 27.0 Å². The molecule has 0 spiro atoms. The molecule has 0 aliphatic heterocycles. The van der Waals surface area contributed by atoms with Crippen molar-refractivity contribution in [2.75, 3.05) is 0 Å². The van der Waals surface area contributed by atoms with Crippen molar-refractivity contribution in [1.29, 1.82) is 0 Å². The van der Waals surface area contributed by atoms with Crippen LogP contribution in [0, 0.1) is 20.2 Å². The Labute approximate surface area is 121 Å². The first-order valence-corrected chi connectivity index (χ1v) is 5.78. The number of nitro benzene ring substituents is 1. The van der Waals surface area contributed by atoms with Gasteiger partial charge in [-0.05, 0) is 11.6 Å². The Balaban J connectivity index is 2.35. The second kappa shape index (κ2) is 5.83. The Kier molecular flexibility index (Phi) is 3.93. The Morgan fingerprint density at radius 1 is 1.18 bits per heavy atom. The summed E-state index contributed by atoms with van der Waals surface area (Å²) in [6.07, 6.45) is 2.65. The summed E-state index contributed by atoms with van der Waals surface area (Å²) in [5.41, 5.74) is -1.81. The van der Waals surface area contributed by atoms with E-state index in [1.165, 1.54) is 30.4 Å². The lowest BCUT2D eigenvalue weighted by atomic mass is 10.2. The molecule has 22 heavy (non-hydrogen) atoms. The number of rotatable bonds is 4. The molecule has 2 N–H and O–H groups in total. The van der Waals surface area contributed by atoms with Crippen molar-refractivity contribution in [2.24, 2.45) is 0 Å². The summed E-state index contributed by atoms with van der Waals surface area (Å²) in [5.74, 6) is -1.13. The Hall–Kier alpha value is -3.56. The SMILES string of the molecule is O=c1[nH]c(/C=C\c2cccc([N+](=O)[O-])c2)nc(O)c1[N+](=O)[O-]. The minimum absolute atomic E-state index is 0.116. The third-order valence-corrected chi connectivity index (χ3v) is 2.59. The van der Waals surface area contributed by atoms with Gasteiger partial charge in [-0.25, -0.2) is 0 Å². The fourth-order valence-corrected chi connectivity index (χ4v) is 1.63. The van der Waals surface area contributed by atoms with Crippen LogP contribution in [0.15, 0.2) is 29.1 Å². The van der Waals surface area contributed by atoms with Crippen molar-refractivity contribution in [3.05, 3.63) is 66.2 Å². The minimum Gasteiger partial charge on any atom is -0.488 e. The molecule has 1 aromatic heterocycles. The van der Waals surface area contributed by atoms with E-state index in [0.717, 1.165) is 0 Å². The highest BCUT2D eigenvalue weighted by molar-refractivity contribution is 5.68. The number of nitrogens with one attached hydrogen (secondary N) is 1. The van der Waals surface area contributed by atoms with Crippen molar-refractivity contribution < 1.29 is 15.0 Å². The molecule has 0 saturated carbocycles. The average molecular weight is 304 g/mol. The van der Waals surface area contributed by atoms with Gasteiger partial charge < -0.3 is 10.1 Å². The maximum Gasteiger partial charge on any atom is 0.395 e. The molecule has 0 aliphatic carbocycles. The molecular weight excluding hydrogens is 296 g/mol. The molecule has 1 heterocycles. The Morgan fingerprint density at radius 2 is 1.91 bits per heavy atom. The number of aromatic nitrogens is 2. The number of non-ortho nitro benzene ring substituents is 1. The van der Waals surface area contributed by atoms with Crippen LogP contribution in [0.1, 0.15) is 11.4 Å². The molecule has 0 atom stereocenters. The van der Waals surface area contributed by atoms with E-state index in [2.05, 4.69) is 9.97 Å². The van der Waals surface area contributed by atoms with Gasteiger partial charge in [-0.1, -0.05) is 18.2 Å². The summed E-state index contributed by atoms with van der Waals surface area (Å²) in [6, 6.07) is 5.66. The fourth-order valence-electron chi connectivity index (χ4n) is 1.63. The summed E-state index contributed by atoms with van der Waals surface area (Å²) in [7, 11) is 0. The maximum atomic E-state index is 11.4. The van der Waals surface area contributed by atoms with Crippen LogP contribution in [-0.2, 0) is 0 Å². The monoisotopic (exact) mass is 304 g/mol. The standard InChI is InChI=1S/C12H8N4O6/c17-11-10(16(21)22)12(18)14-9(13-11)5-4-7-2-1-3-8(6-7)15(19)20/h1-6H,(H2,13,14,17,18)/b5-4-. The summed E-state index contributed by atoms with van der Waals surface area (Å²) >= 11 is 0. The second-order valence-corrected chi connectivity index (χ2v) is 4.07. The predicted octanol–water partition coefficient (Wildman–Crippen LogP) is 1.46. The number of H-pyrrole nitrogens is 1. The topological polar surface area (TPSA) is 152 Å². The van der Waals surface area contributed by atoms with Crippen LogP contribution in [0.2, 0.25) is 0 Å². The van der Waals surface area contributed by atoms with Gasteiger partial charge in [-0.3, -0.25) is 25.0 Å². The number of hydrogen-bond acceptors (Lipinski definition) is 7. The van der Waals surface area contributed by atoms with Gasteiger partial charge >= 0.3 is 11.2 Å². The van der Waals surface area contributed by atoms with Crippen molar-refractivity contribution in [2.45, 2.75) is 0 Å². The lowest BCUT2D eigenvalue weighted by molar-refractivity contribution is -0.387. The Bertz CT molecular complexity index is 842. The number of aromatic amines is 1. The molecule has 0 bridgehead atoms. The molecule has 0 radical (unpaired) electrons. The van der Waals surface area contributed by atoms with Crippen molar-refractivity contribution in [1.82, 2.24) is 9.97 Å². The number of aromatic hydroxyl groups is 1. The van der Waals surface area contributed by atoms with E-state index in [9.17, 15) is 30.1 Å². The van der Waals surface area contributed by atoms with Gasteiger partial charge in [0.1, 0.15) is 5.82 Å². The number of benzene rings is 1. The van der Waals surface area contributed by atoms with Gasteiger partial charge in [0.2, 0.25) is 0 Å². The first-order valence-electron chi connectivity index (χ1n) is 5.78. The van der Waals surface area contributed by atoms with Crippen LogP contribution in [0.5, 0.6) is 5.88 Å². The second-order valence-electron chi connectivity index (χ2n) is 4.07. The van der Waals surface area contributed by atoms with Gasteiger partial charge in [-0.15, -0.1) is 0 Å². The molecule has 0 aliphatic rings. The quantitative estimate of drug-likeness (QED) is 0.640. The number of nitrogens with zero attached hydrogens (tertiary/aromatic N) is 3. The molecule has 112 valence electrons. The average Bonchev–Trinajstić information content (AvgIpc) is 2.44. The molecule has 10 nitrogen and oxygen atoms in total. The normalized spacial score (nSPS) is 10.7. The molecule has 1 aromatic carbocycles. The van der Waals surface area contributed by atoms with Gasteiger partial charge in [0, 0.05) is 12.1 Å². The van der Waals surface area contributed by atoms with Crippen molar-refractivity contribution in [3.8, 4) is 5.88 Å². The van der Waals surface area contributed by atoms with Crippen molar-refractivity contribution >= 4 is 23.5 Å². The summed E-state index contributed by atoms with van der Waals surface area (Å²) in [6.45, 7) is 0. The van der Waals surface area contributed by atoms with Crippen LogP contribution in [0.25, 0.3) is 12.2 Å². The van der Waals surface area contributed by atoms with E-state index in [0.29, 0.717) is 5.56 Å². The lowest BCUT2D eigenvalue weighted by Gasteiger charge is -1.97. The highest BCUT2D eigenvalue weighted by Crippen LogP contribution is 2.18. The van der Waals surface area contributed by atoms with E-state index in [1.54, 1.807) is 6.07 Å². The predicted molar refractivity (Wildman–Crippen MR) is 75.2 cm³/mol. The van der Waals surface area contributed by atoms with Crippen LogP contribution < -0.4 is 5.56 Å².